The van der Waals surface area contributed by atoms with Gasteiger partial charge in [-0.15, -0.1) is 0 Å². The number of carbonyl (C=O) groups is 2. The number of imidazole rings is 3. The van der Waals surface area contributed by atoms with Crippen molar-refractivity contribution in [2.24, 2.45) is 11.8 Å². The molecular weight excluding hydrogens is 1230 g/mol. The van der Waals surface area contributed by atoms with Crippen LogP contribution < -0.4 is 27.2 Å². The molecule has 11 N–H and O–H groups in total. The minimum Gasteiger partial charge on any atom is -0.445 e. The first kappa shape index (κ1) is 62.8. The quantitative estimate of drug-likeness (QED) is 0.0532. The minimum absolute atomic E-state index is 0.0438. The van der Waals surface area contributed by atoms with E-state index in [1.807, 2.05) is 97.5 Å². The van der Waals surface area contributed by atoms with Gasteiger partial charge in [-0.3, -0.25) is 18.0 Å². The number of benzene rings is 4. The van der Waals surface area contributed by atoms with E-state index in [-0.39, 0.29) is 24.5 Å². The van der Waals surface area contributed by atoms with E-state index in [2.05, 4.69) is 95.6 Å². The van der Waals surface area contributed by atoms with Gasteiger partial charge in [-0.1, -0.05) is 84.9 Å². The van der Waals surface area contributed by atoms with Crippen molar-refractivity contribution < 1.29 is 22.7 Å². The Balaban J connectivity index is 0.000000124. The zero-order valence-corrected chi connectivity index (χ0v) is 54.5. The molecule has 16 rings (SSSR count). The number of nitrogens with one attached hydrogen (secondary N) is 5. The van der Waals surface area contributed by atoms with Crippen LogP contribution in [-0.4, -0.2) is 116 Å². The Hall–Kier alpha value is -10.6. The van der Waals surface area contributed by atoms with Gasteiger partial charge in [0.1, 0.15) is 75.2 Å². The number of rotatable bonds is 13. The summed E-state index contributed by atoms with van der Waals surface area (Å²) < 4.78 is 37.2. The summed E-state index contributed by atoms with van der Waals surface area (Å²) >= 11 is 0. The van der Waals surface area contributed by atoms with Crippen molar-refractivity contribution in [3.63, 3.8) is 0 Å². The minimum atomic E-state index is -3.15. The average Bonchev–Trinajstić information content (AvgIpc) is 1.62. The van der Waals surface area contributed by atoms with E-state index in [1.165, 1.54) is 6.26 Å². The number of carbonyl (C=O) groups excluding carboxylic acids is 2. The van der Waals surface area contributed by atoms with E-state index in [9.17, 15) is 18.0 Å². The maximum absolute atomic E-state index is 12.6. The lowest BCUT2D eigenvalue weighted by Gasteiger charge is -2.30. The zero-order chi connectivity index (χ0) is 66.0. The van der Waals surface area contributed by atoms with Gasteiger partial charge >= 0.3 is 6.09 Å². The van der Waals surface area contributed by atoms with Crippen molar-refractivity contribution in [2.75, 3.05) is 49.6 Å². The standard InChI is InChI=1S/C27H26N6O2.C23H26N6O.C22H26N6O2S/c28-25-24-23(22-16-20-8-4-5-9-21(20)30-22)31-26(33(24)15-12-29-25)19-10-13-32(14-11-19)27(34)35-17-18-6-2-1-3-7-18;1-14(30)26-13-15-6-8-16(9-7-15)23-28-20(21-22(24)25-10-11-29(21)23)19-12-17-4-2-3-5-18(17)27-19;1-31(29,30)25-13-14-6-8-15(9-7-14)22-27-19(20-21(23)24-10-11-28(20)22)18-12-16-4-2-3-5-17(16)26-18/h1-9,12,15-16,19,30H,10-11,13-14,17H2,(H2,28,29);2-5,10-12,15-16,27H,6-9,13H2,1H3,(H2,24,25)(H,26,30);2-5,10-12,14-15,25-26H,6-9,13H2,1H3,(H2,23,24). The van der Waals surface area contributed by atoms with E-state index < -0.39 is 10.0 Å². The normalized spacial score (nSPS) is 17.8. The van der Waals surface area contributed by atoms with Gasteiger partial charge in [0.2, 0.25) is 15.9 Å². The third-order valence-electron chi connectivity index (χ3n) is 19.2. The molecule has 2 amide bonds. The Morgan fingerprint density at radius 1 is 0.521 bits per heavy atom. The summed E-state index contributed by atoms with van der Waals surface area (Å²) in [5.41, 5.74) is 30.8. The number of aromatic amines is 3. The number of likely N-dealkylation sites (tertiary alicyclic amines) is 1. The van der Waals surface area contributed by atoms with E-state index in [0.717, 1.165) is 177 Å². The molecule has 13 aromatic rings. The third kappa shape index (κ3) is 13.3. The predicted molar refractivity (Wildman–Crippen MR) is 375 cm³/mol. The highest BCUT2D eigenvalue weighted by atomic mass is 32.2. The zero-order valence-electron chi connectivity index (χ0n) is 53.7. The highest BCUT2D eigenvalue weighted by Crippen LogP contribution is 2.42. The Labute approximate surface area is 554 Å². The summed E-state index contributed by atoms with van der Waals surface area (Å²) in [4.78, 5) is 64.1. The molecule has 3 aliphatic rings. The van der Waals surface area contributed by atoms with Crippen LogP contribution in [0.1, 0.15) is 112 Å². The highest BCUT2D eigenvalue weighted by Gasteiger charge is 2.32. The molecule has 1 saturated heterocycles. The monoisotopic (exact) mass is 1310 g/mol. The van der Waals surface area contributed by atoms with Crippen LogP contribution >= 0.6 is 0 Å². The maximum Gasteiger partial charge on any atom is 0.410 e. The van der Waals surface area contributed by atoms with E-state index in [0.29, 0.717) is 60.8 Å². The lowest BCUT2D eigenvalue weighted by molar-refractivity contribution is -0.119. The number of ether oxygens (including phenoxy) is 1. The predicted octanol–water partition coefficient (Wildman–Crippen LogP) is 12.1. The lowest BCUT2D eigenvalue weighted by atomic mass is 9.81. The maximum atomic E-state index is 12.6. The molecular formula is C72H78N18O5S. The van der Waals surface area contributed by atoms with Gasteiger partial charge in [-0.05, 0) is 118 Å². The fourth-order valence-electron chi connectivity index (χ4n) is 14.2. The van der Waals surface area contributed by atoms with E-state index in [1.54, 1.807) is 30.4 Å². The van der Waals surface area contributed by atoms with Crippen molar-refractivity contribution in [2.45, 2.75) is 95.5 Å². The number of nitrogens with two attached hydrogens (primary N) is 3. The topological polar surface area (TPSA) is 321 Å². The number of nitrogen functional groups attached to an aromatic ring is 3. The molecule has 3 fully saturated rings. The molecule has 96 heavy (non-hydrogen) atoms. The SMILES string of the molecule is CC(=O)NCC1CCC(c2nc(-c3cc4ccccc4[nH]3)c3c(N)nccn23)CC1.CS(=O)(=O)NCC1CCC(c2nc(-c3cc4ccccc4[nH]3)c3c(N)nccn23)CC1.Nc1nccn2c(C3CCN(C(=O)OCc4ccccc4)CC3)nc(-c3cc4ccccc4[nH]3)c12. The number of piperidine rings is 1. The number of para-hydroxylation sites is 3. The van der Waals surface area contributed by atoms with E-state index in [4.69, 9.17) is 36.9 Å². The lowest BCUT2D eigenvalue weighted by Crippen LogP contribution is -2.38. The number of nitrogens with zero attached hydrogens (tertiary/aromatic N) is 10. The average molecular weight is 1310 g/mol. The summed E-state index contributed by atoms with van der Waals surface area (Å²) in [6, 6.07) is 40.6. The summed E-state index contributed by atoms with van der Waals surface area (Å²) in [7, 11) is -3.15. The smallest absolute Gasteiger partial charge is 0.410 e. The van der Waals surface area contributed by atoms with Gasteiger partial charge < -0.3 is 47.1 Å². The summed E-state index contributed by atoms with van der Waals surface area (Å²) in [5.74, 6) is 6.18. The van der Waals surface area contributed by atoms with Gasteiger partial charge in [0.25, 0.3) is 0 Å². The van der Waals surface area contributed by atoms with Gasteiger partial charge in [-0.2, -0.15) is 0 Å². The van der Waals surface area contributed by atoms with Crippen LogP contribution in [0.15, 0.2) is 159 Å². The summed E-state index contributed by atoms with van der Waals surface area (Å²) in [6.45, 7) is 4.37. The molecule has 23 nitrogen and oxygen atoms in total. The first-order valence-electron chi connectivity index (χ1n) is 32.9. The summed E-state index contributed by atoms with van der Waals surface area (Å²) in [6.07, 6.45) is 21.6. The van der Waals surface area contributed by atoms with Crippen LogP contribution in [0.2, 0.25) is 0 Å². The van der Waals surface area contributed by atoms with Crippen molar-refractivity contribution in [3.05, 3.63) is 182 Å². The van der Waals surface area contributed by atoms with Gasteiger partial charge in [0.05, 0.1) is 23.3 Å². The largest absolute Gasteiger partial charge is 0.445 e. The van der Waals surface area contributed by atoms with Crippen molar-refractivity contribution in [1.29, 1.82) is 0 Å². The Bertz CT molecular complexity index is 4960. The molecule has 24 heteroatoms. The number of amides is 2. The molecule has 0 bridgehead atoms. The van der Waals surface area contributed by atoms with Crippen molar-refractivity contribution in [1.82, 2.24) is 73.0 Å². The van der Waals surface area contributed by atoms with Crippen molar-refractivity contribution >= 4 is 88.7 Å². The summed E-state index contributed by atoms with van der Waals surface area (Å²) in [5, 5.41) is 6.35. The molecule has 0 spiro atoms. The molecule has 0 radical (unpaired) electrons. The second-order valence-corrected chi connectivity index (χ2v) is 27.5. The molecule has 10 heterocycles. The fraction of sp³-hybridized carbons (Fsp3) is 0.306. The number of fused-ring (bicyclic) bond motifs is 6. The molecule has 492 valence electrons. The number of H-pyrrole nitrogens is 3. The highest BCUT2D eigenvalue weighted by molar-refractivity contribution is 7.88. The van der Waals surface area contributed by atoms with E-state index >= 15 is 0 Å². The Morgan fingerprint density at radius 3 is 1.28 bits per heavy atom. The molecule has 2 aliphatic carbocycles. The third-order valence-corrected chi connectivity index (χ3v) is 19.9. The van der Waals surface area contributed by atoms with Crippen molar-refractivity contribution in [3.8, 4) is 34.2 Å². The van der Waals surface area contributed by atoms with Crippen LogP contribution in [0.4, 0.5) is 22.2 Å². The number of aromatic nitrogens is 12. The second kappa shape index (κ2) is 27.0. The van der Waals surface area contributed by atoms with Gasteiger partial charge in [0, 0.05) is 121 Å². The number of sulfonamides is 1. The van der Waals surface area contributed by atoms with Gasteiger partial charge in [-0.25, -0.2) is 47.8 Å². The van der Waals surface area contributed by atoms with Crippen LogP contribution in [0.3, 0.4) is 0 Å². The molecule has 2 saturated carbocycles. The first-order valence-corrected chi connectivity index (χ1v) is 34.8. The molecule has 4 aromatic carbocycles. The fourth-order valence-corrected chi connectivity index (χ4v) is 14.8. The molecule has 0 atom stereocenters. The van der Waals surface area contributed by atoms with Crippen LogP contribution in [0.5, 0.6) is 0 Å². The first-order chi connectivity index (χ1) is 46.7. The molecule has 9 aromatic heterocycles. The van der Waals surface area contributed by atoms with Gasteiger partial charge in [0.15, 0.2) is 0 Å². The molecule has 1 aliphatic heterocycles. The Morgan fingerprint density at radius 2 is 0.896 bits per heavy atom. The molecule has 0 unspecified atom stereocenters. The number of anilines is 3. The number of hydrogen-bond acceptors (Lipinski definition) is 14. The Kier molecular flexibility index (Phi) is 17.7. The second-order valence-electron chi connectivity index (χ2n) is 25.7. The van der Waals surface area contributed by atoms with Crippen LogP contribution in [-0.2, 0) is 26.2 Å². The van der Waals surface area contributed by atoms with Crippen LogP contribution in [0.25, 0.3) is 83.4 Å². The number of hydrogen-bond donors (Lipinski definition) is 8. The van der Waals surface area contributed by atoms with Crippen LogP contribution in [0, 0.1) is 11.8 Å².